The summed E-state index contributed by atoms with van der Waals surface area (Å²) in [6.07, 6.45) is 1.46. The minimum atomic E-state index is -3.75. The highest BCUT2D eigenvalue weighted by molar-refractivity contribution is 7.89. The van der Waals surface area contributed by atoms with Gasteiger partial charge in [-0.3, -0.25) is 0 Å². The van der Waals surface area contributed by atoms with E-state index in [0.29, 0.717) is 17.8 Å². The third-order valence-electron chi connectivity index (χ3n) is 2.40. The number of nitrogens with zero attached hydrogens (tertiary/aromatic N) is 3. The van der Waals surface area contributed by atoms with Crippen molar-refractivity contribution in [1.29, 1.82) is 5.26 Å². The first kappa shape index (κ1) is 14.5. The quantitative estimate of drug-likeness (QED) is 0.886. The van der Waals surface area contributed by atoms with Crippen molar-refractivity contribution < 1.29 is 12.9 Å². The van der Waals surface area contributed by atoms with E-state index in [0.717, 1.165) is 0 Å². The highest BCUT2D eigenvalue weighted by Crippen LogP contribution is 2.22. The number of halogens is 1. The van der Waals surface area contributed by atoms with Crippen LogP contribution in [0.25, 0.3) is 0 Å². The summed E-state index contributed by atoms with van der Waals surface area (Å²) < 4.78 is 31.0. The Morgan fingerprint density at radius 2 is 2.25 bits per heavy atom. The van der Waals surface area contributed by atoms with E-state index in [9.17, 15) is 8.42 Å². The van der Waals surface area contributed by atoms with Crippen LogP contribution in [0.3, 0.4) is 0 Å². The molecule has 2 rings (SSSR count). The lowest BCUT2D eigenvalue weighted by molar-refractivity contribution is 0.410. The van der Waals surface area contributed by atoms with Crippen LogP contribution >= 0.6 is 11.6 Å². The molecule has 1 heterocycles. The smallest absolute Gasteiger partial charge is 0.242 e. The Balaban J connectivity index is 2.08. The molecule has 104 valence electrons. The van der Waals surface area contributed by atoms with Gasteiger partial charge in [0.15, 0.2) is 5.82 Å². The normalized spacial score (nSPS) is 11.2. The van der Waals surface area contributed by atoms with E-state index in [1.807, 2.05) is 6.07 Å². The van der Waals surface area contributed by atoms with E-state index >= 15 is 0 Å². The van der Waals surface area contributed by atoms with Crippen LogP contribution in [-0.2, 0) is 16.4 Å². The number of nitrogens with one attached hydrogen (secondary N) is 1. The molecule has 0 bridgehead atoms. The molecule has 9 heteroatoms. The van der Waals surface area contributed by atoms with Crippen LogP contribution in [0.15, 0.2) is 34.0 Å². The van der Waals surface area contributed by atoms with Crippen LogP contribution in [0.5, 0.6) is 0 Å². The van der Waals surface area contributed by atoms with E-state index in [2.05, 4.69) is 19.4 Å². The lowest BCUT2D eigenvalue weighted by Gasteiger charge is -2.07. The summed E-state index contributed by atoms with van der Waals surface area (Å²) >= 11 is 5.86. The predicted molar refractivity (Wildman–Crippen MR) is 69.4 cm³/mol. The van der Waals surface area contributed by atoms with Gasteiger partial charge in [-0.05, 0) is 18.2 Å². The van der Waals surface area contributed by atoms with Gasteiger partial charge in [0.05, 0.1) is 16.7 Å². The van der Waals surface area contributed by atoms with Crippen molar-refractivity contribution in [2.45, 2.75) is 11.3 Å². The lowest BCUT2D eigenvalue weighted by Crippen LogP contribution is -2.26. The van der Waals surface area contributed by atoms with Gasteiger partial charge in [0, 0.05) is 13.0 Å². The highest BCUT2D eigenvalue weighted by Gasteiger charge is 2.18. The minimum Gasteiger partial charge on any atom is -0.343 e. The molecule has 20 heavy (non-hydrogen) atoms. The summed E-state index contributed by atoms with van der Waals surface area (Å²) in [5, 5.41) is 12.3. The number of hydrogen-bond acceptors (Lipinski definition) is 6. The monoisotopic (exact) mass is 312 g/mol. The first-order chi connectivity index (χ1) is 9.53. The van der Waals surface area contributed by atoms with E-state index < -0.39 is 10.0 Å². The SMILES string of the molecule is N#Cc1ccc(S(=O)(=O)NCCc2ncon2)c(Cl)c1. The number of rotatable bonds is 5. The van der Waals surface area contributed by atoms with Gasteiger partial charge in [-0.1, -0.05) is 16.8 Å². The van der Waals surface area contributed by atoms with Gasteiger partial charge < -0.3 is 4.52 Å². The Kier molecular flexibility index (Phi) is 4.34. The van der Waals surface area contributed by atoms with Gasteiger partial charge in [-0.25, -0.2) is 13.1 Å². The molecular formula is C11H9ClN4O3S. The molecule has 1 aromatic carbocycles. The van der Waals surface area contributed by atoms with Gasteiger partial charge >= 0.3 is 0 Å². The average molecular weight is 313 g/mol. The minimum absolute atomic E-state index is 0.00360. The van der Waals surface area contributed by atoms with Gasteiger partial charge in [0.25, 0.3) is 0 Å². The molecule has 0 spiro atoms. The molecule has 0 unspecified atom stereocenters. The zero-order valence-electron chi connectivity index (χ0n) is 10.1. The van der Waals surface area contributed by atoms with Crippen molar-refractivity contribution in [1.82, 2.24) is 14.9 Å². The fourth-order valence-electron chi connectivity index (χ4n) is 1.47. The van der Waals surface area contributed by atoms with Gasteiger partial charge in [-0.15, -0.1) is 0 Å². The summed E-state index contributed by atoms with van der Waals surface area (Å²) in [6, 6.07) is 5.86. The number of sulfonamides is 1. The third-order valence-corrected chi connectivity index (χ3v) is 4.34. The molecule has 1 aromatic heterocycles. The molecule has 0 aliphatic rings. The first-order valence-corrected chi connectivity index (χ1v) is 7.33. The molecule has 0 saturated heterocycles. The molecule has 0 aliphatic heterocycles. The summed E-state index contributed by atoms with van der Waals surface area (Å²) in [6.45, 7) is 0.109. The topological polar surface area (TPSA) is 109 Å². The Labute approximate surface area is 120 Å². The van der Waals surface area contributed by atoms with Crippen molar-refractivity contribution in [3.05, 3.63) is 41.0 Å². The van der Waals surface area contributed by atoms with Crippen LogP contribution in [-0.4, -0.2) is 25.1 Å². The van der Waals surface area contributed by atoms with E-state index in [1.54, 1.807) is 0 Å². The summed E-state index contributed by atoms with van der Waals surface area (Å²) in [7, 11) is -3.75. The van der Waals surface area contributed by atoms with Crippen molar-refractivity contribution in [3.63, 3.8) is 0 Å². The molecule has 0 radical (unpaired) electrons. The Bertz CT molecular complexity index is 738. The van der Waals surface area contributed by atoms with Crippen LogP contribution < -0.4 is 4.72 Å². The van der Waals surface area contributed by atoms with Crippen LogP contribution in [0, 0.1) is 11.3 Å². The highest BCUT2D eigenvalue weighted by atomic mass is 35.5. The Morgan fingerprint density at radius 3 is 2.85 bits per heavy atom. The second kappa shape index (κ2) is 6.00. The van der Waals surface area contributed by atoms with E-state index in [-0.39, 0.29) is 16.5 Å². The van der Waals surface area contributed by atoms with Crippen molar-refractivity contribution >= 4 is 21.6 Å². The third kappa shape index (κ3) is 3.33. The maximum absolute atomic E-state index is 12.0. The van der Waals surface area contributed by atoms with Crippen molar-refractivity contribution in [2.75, 3.05) is 6.54 Å². The zero-order chi connectivity index (χ0) is 14.6. The Morgan fingerprint density at radius 1 is 1.45 bits per heavy atom. The average Bonchev–Trinajstić information content (AvgIpc) is 2.91. The van der Waals surface area contributed by atoms with E-state index in [1.165, 1.54) is 24.6 Å². The fourth-order valence-corrected chi connectivity index (χ4v) is 3.04. The number of benzene rings is 1. The largest absolute Gasteiger partial charge is 0.343 e. The van der Waals surface area contributed by atoms with Crippen molar-refractivity contribution in [3.8, 4) is 6.07 Å². The summed E-state index contributed by atoms with van der Waals surface area (Å²) in [5.41, 5.74) is 0.292. The molecule has 7 nitrogen and oxygen atoms in total. The standard InChI is InChI=1S/C11H9ClN4O3S/c12-9-5-8(6-13)1-2-10(9)20(17,18)15-4-3-11-14-7-19-16-11/h1-2,5,7,15H,3-4H2. The molecule has 0 atom stereocenters. The molecule has 0 saturated carbocycles. The zero-order valence-corrected chi connectivity index (χ0v) is 11.6. The number of aromatic nitrogens is 2. The second-order valence-corrected chi connectivity index (χ2v) is 5.89. The maximum Gasteiger partial charge on any atom is 0.242 e. The second-order valence-electron chi connectivity index (χ2n) is 3.75. The fraction of sp³-hybridized carbons (Fsp3) is 0.182. The first-order valence-electron chi connectivity index (χ1n) is 5.47. The molecule has 0 aliphatic carbocycles. The molecule has 0 amide bonds. The van der Waals surface area contributed by atoms with Gasteiger partial charge in [0.1, 0.15) is 4.90 Å². The summed E-state index contributed by atoms with van der Waals surface area (Å²) in [4.78, 5) is 3.70. The van der Waals surface area contributed by atoms with Gasteiger partial charge in [-0.2, -0.15) is 10.2 Å². The van der Waals surface area contributed by atoms with Crippen LogP contribution in [0.2, 0.25) is 5.02 Å². The van der Waals surface area contributed by atoms with E-state index in [4.69, 9.17) is 16.9 Å². The summed E-state index contributed by atoms with van der Waals surface area (Å²) in [5.74, 6) is 0.402. The molecule has 1 N–H and O–H groups in total. The van der Waals surface area contributed by atoms with Crippen LogP contribution in [0.1, 0.15) is 11.4 Å². The molecule has 2 aromatic rings. The Hall–Kier alpha value is -1.95. The predicted octanol–water partition coefficient (Wildman–Crippen LogP) is 1.12. The van der Waals surface area contributed by atoms with Crippen LogP contribution in [0.4, 0.5) is 0 Å². The number of hydrogen-bond donors (Lipinski definition) is 1. The lowest BCUT2D eigenvalue weighted by atomic mass is 10.2. The maximum atomic E-state index is 12.0. The van der Waals surface area contributed by atoms with Gasteiger partial charge in [0.2, 0.25) is 16.4 Å². The van der Waals surface area contributed by atoms with Crippen molar-refractivity contribution in [2.24, 2.45) is 0 Å². The number of nitriles is 1. The molecule has 0 fully saturated rings. The molecular weight excluding hydrogens is 304 g/mol.